The minimum Gasteiger partial charge on any atom is -0.497 e. The molecule has 7 nitrogen and oxygen atoms in total. The molecule has 0 aromatic heterocycles. The Morgan fingerprint density at radius 1 is 1.16 bits per heavy atom. The summed E-state index contributed by atoms with van der Waals surface area (Å²) >= 11 is 0. The van der Waals surface area contributed by atoms with Crippen LogP contribution in [0.1, 0.15) is 5.56 Å². The van der Waals surface area contributed by atoms with Crippen molar-refractivity contribution in [2.75, 3.05) is 24.4 Å². The van der Waals surface area contributed by atoms with Crippen LogP contribution in [-0.2, 0) is 11.2 Å². The van der Waals surface area contributed by atoms with Gasteiger partial charge in [0.25, 0.3) is 0 Å². The minimum atomic E-state index is -0.721. The summed E-state index contributed by atoms with van der Waals surface area (Å²) in [6.45, 7) is 0. The van der Waals surface area contributed by atoms with Gasteiger partial charge in [-0.25, -0.2) is 4.79 Å². The number of nitrogens with zero attached hydrogens (tertiary/aromatic N) is 1. The van der Waals surface area contributed by atoms with E-state index < -0.39 is 18.0 Å². The predicted molar refractivity (Wildman–Crippen MR) is 94.2 cm³/mol. The number of hydrogen-bond donors (Lipinski definition) is 2. The quantitative estimate of drug-likeness (QED) is 0.891. The number of amides is 3. The van der Waals surface area contributed by atoms with Crippen LogP contribution in [0.2, 0.25) is 0 Å². The zero-order chi connectivity index (χ0) is 18.0. The number of para-hydroxylation sites is 1. The lowest BCUT2D eigenvalue weighted by Crippen LogP contribution is -2.47. The van der Waals surface area contributed by atoms with E-state index in [2.05, 4.69) is 5.32 Å². The molecule has 3 amide bonds. The molecule has 25 heavy (non-hydrogen) atoms. The van der Waals surface area contributed by atoms with Gasteiger partial charge in [-0.05, 0) is 23.8 Å². The zero-order valence-electron chi connectivity index (χ0n) is 14.0. The van der Waals surface area contributed by atoms with E-state index in [9.17, 15) is 9.59 Å². The van der Waals surface area contributed by atoms with Gasteiger partial charge < -0.3 is 20.5 Å². The van der Waals surface area contributed by atoms with Gasteiger partial charge in [-0.2, -0.15) is 0 Å². The molecule has 1 atom stereocenters. The maximum absolute atomic E-state index is 12.8. The molecule has 0 radical (unpaired) electrons. The van der Waals surface area contributed by atoms with Gasteiger partial charge in [0, 0.05) is 18.2 Å². The van der Waals surface area contributed by atoms with Crippen LogP contribution in [0.15, 0.2) is 42.5 Å². The first-order valence-electron chi connectivity index (χ1n) is 7.74. The van der Waals surface area contributed by atoms with E-state index in [-0.39, 0.29) is 0 Å². The largest absolute Gasteiger partial charge is 0.497 e. The van der Waals surface area contributed by atoms with Gasteiger partial charge in [-0.1, -0.05) is 18.2 Å². The Morgan fingerprint density at radius 3 is 2.60 bits per heavy atom. The highest BCUT2D eigenvalue weighted by Gasteiger charge is 2.37. The van der Waals surface area contributed by atoms with Gasteiger partial charge in [0.1, 0.15) is 17.5 Å². The summed E-state index contributed by atoms with van der Waals surface area (Å²) in [5.74, 6) is 0.514. The molecule has 1 heterocycles. The maximum atomic E-state index is 12.8. The second-order valence-corrected chi connectivity index (χ2v) is 5.62. The van der Waals surface area contributed by atoms with E-state index in [1.165, 1.54) is 12.0 Å². The number of primary amides is 1. The summed E-state index contributed by atoms with van der Waals surface area (Å²) < 4.78 is 10.4. The lowest BCUT2D eigenvalue weighted by Gasteiger charge is -2.24. The number of carbonyl (C=O) groups excluding carboxylic acids is 2. The number of anilines is 2. The topological polar surface area (TPSA) is 93.9 Å². The molecular weight excluding hydrogens is 322 g/mol. The fourth-order valence-electron chi connectivity index (χ4n) is 2.94. The first-order chi connectivity index (χ1) is 12.0. The molecule has 130 valence electrons. The zero-order valence-corrected chi connectivity index (χ0v) is 14.0. The summed E-state index contributed by atoms with van der Waals surface area (Å²) in [6.07, 6.45) is 0.401. The van der Waals surface area contributed by atoms with Gasteiger partial charge in [-0.15, -0.1) is 0 Å². The van der Waals surface area contributed by atoms with Gasteiger partial charge in [0.2, 0.25) is 5.91 Å². The Balaban J connectivity index is 1.91. The lowest BCUT2D eigenvalue weighted by molar-refractivity contribution is -0.119. The van der Waals surface area contributed by atoms with Crippen LogP contribution in [0.4, 0.5) is 16.2 Å². The Hall–Kier alpha value is -3.22. The summed E-state index contributed by atoms with van der Waals surface area (Å²) in [7, 11) is 3.05. The van der Waals surface area contributed by atoms with Crippen LogP contribution in [0, 0.1) is 0 Å². The number of carbonyl (C=O) groups is 2. The van der Waals surface area contributed by atoms with E-state index in [0.717, 1.165) is 5.56 Å². The summed E-state index contributed by atoms with van der Waals surface area (Å²) in [6, 6.07) is 11.2. The fraction of sp³-hybridized carbons (Fsp3) is 0.222. The first kappa shape index (κ1) is 16.6. The molecule has 3 N–H and O–H groups in total. The van der Waals surface area contributed by atoms with Gasteiger partial charge in [0.05, 0.1) is 19.9 Å². The standard InChI is InChI=1S/C18H19N3O4/c1-24-12-7-8-13(16(10-12)25-2)20-18(23)21-14-6-4-3-5-11(14)9-15(21)17(19)22/h3-8,10,15H,9H2,1-2H3,(H2,19,22)(H,20,23). The second kappa shape index (κ2) is 6.72. The number of urea groups is 1. The van der Waals surface area contributed by atoms with Crippen LogP contribution in [0.25, 0.3) is 0 Å². The van der Waals surface area contributed by atoms with Crippen molar-refractivity contribution in [3.05, 3.63) is 48.0 Å². The normalized spacial score (nSPS) is 15.4. The van der Waals surface area contributed by atoms with E-state index in [4.69, 9.17) is 15.2 Å². The third kappa shape index (κ3) is 3.08. The highest BCUT2D eigenvalue weighted by Crippen LogP contribution is 2.34. The van der Waals surface area contributed by atoms with Crippen LogP contribution in [0.5, 0.6) is 11.5 Å². The number of fused-ring (bicyclic) bond motifs is 1. The van der Waals surface area contributed by atoms with Gasteiger partial charge in [-0.3, -0.25) is 9.69 Å². The summed E-state index contributed by atoms with van der Waals surface area (Å²) in [4.78, 5) is 26.0. The van der Waals surface area contributed by atoms with Crippen molar-refractivity contribution >= 4 is 23.3 Å². The third-order valence-corrected chi connectivity index (χ3v) is 4.17. The number of benzene rings is 2. The van der Waals surface area contributed by atoms with E-state index in [1.807, 2.05) is 18.2 Å². The van der Waals surface area contributed by atoms with E-state index >= 15 is 0 Å². The van der Waals surface area contributed by atoms with Crippen molar-refractivity contribution in [2.45, 2.75) is 12.5 Å². The molecule has 3 rings (SSSR count). The number of nitrogens with one attached hydrogen (secondary N) is 1. The Morgan fingerprint density at radius 2 is 1.92 bits per heavy atom. The Labute approximate surface area is 145 Å². The Kier molecular flexibility index (Phi) is 4.47. The second-order valence-electron chi connectivity index (χ2n) is 5.62. The molecule has 1 aliphatic heterocycles. The van der Waals surface area contributed by atoms with Crippen molar-refractivity contribution in [2.24, 2.45) is 5.73 Å². The summed E-state index contributed by atoms with van der Waals surface area (Å²) in [5.41, 5.74) is 7.55. The van der Waals surface area contributed by atoms with Crippen molar-refractivity contribution in [1.82, 2.24) is 0 Å². The lowest BCUT2D eigenvalue weighted by atomic mass is 10.1. The van der Waals surface area contributed by atoms with E-state index in [1.54, 1.807) is 31.4 Å². The smallest absolute Gasteiger partial charge is 0.327 e. The molecule has 0 saturated carbocycles. The number of rotatable bonds is 4. The average molecular weight is 341 g/mol. The van der Waals surface area contributed by atoms with Crippen molar-refractivity contribution in [3.8, 4) is 11.5 Å². The molecule has 0 bridgehead atoms. The fourth-order valence-corrected chi connectivity index (χ4v) is 2.94. The minimum absolute atomic E-state index is 0.401. The number of hydrogen-bond acceptors (Lipinski definition) is 4. The molecular formula is C18H19N3O4. The van der Waals surface area contributed by atoms with Crippen LogP contribution >= 0.6 is 0 Å². The maximum Gasteiger partial charge on any atom is 0.327 e. The van der Waals surface area contributed by atoms with Gasteiger partial charge in [0.15, 0.2) is 0 Å². The highest BCUT2D eigenvalue weighted by molar-refractivity contribution is 6.08. The number of ether oxygens (including phenoxy) is 2. The summed E-state index contributed by atoms with van der Waals surface area (Å²) in [5, 5.41) is 2.78. The SMILES string of the molecule is COc1ccc(NC(=O)N2c3ccccc3CC2C(N)=O)c(OC)c1. The molecule has 0 spiro atoms. The molecule has 2 aromatic rings. The van der Waals surface area contributed by atoms with E-state index in [0.29, 0.717) is 29.3 Å². The monoisotopic (exact) mass is 341 g/mol. The molecule has 2 aromatic carbocycles. The van der Waals surface area contributed by atoms with Crippen LogP contribution in [0.3, 0.4) is 0 Å². The number of methoxy groups -OCH3 is 2. The average Bonchev–Trinajstić information content (AvgIpc) is 3.02. The molecule has 7 heteroatoms. The van der Waals surface area contributed by atoms with Crippen LogP contribution in [-0.4, -0.2) is 32.2 Å². The van der Waals surface area contributed by atoms with Crippen molar-refractivity contribution < 1.29 is 19.1 Å². The molecule has 0 fully saturated rings. The molecule has 0 saturated heterocycles. The third-order valence-electron chi connectivity index (χ3n) is 4.17. The van der Waals surface area contributed by atoms with Crippen molar-refractivity contribution in [1.29, 1.82) is 0 Å². The predicted octanol–water partition coefficient (Wildman–Crippen LogP) is 2.15. The molecule has 1 unspecified atom stereocenters. The Bertz CT molecular complexity index is 822. The van der Waals surface area contributed by atoms with Gasteiger partial charge >= 0.3 is 6.03 Å². The highest BCUT2D eigenvalue weighted by atomic mass is 16.5. The number of nitrogens with two attached hydrogens (primary N) is 1. The first-order valence-corrected chi connectivity index (χ1v) is 7.74. The van der Waals surface area contributed by atoms with Crippen molar-refractivity contribution in [3.63, 3.8) is 0 Å². The molecule has 1 aliphatic rings. The molecule has 0 aliphatic carbocycles. The van der Waals surface area contributed by atoms with Crippen LogP contribution < -0.4 is 25.4 Å².